The van der Waals surface area contributed by atoms with Gasteiger partial charge >= 0.3 is 5.97 Å². The molecular weight excluding hydrogens is 449 g/mol. The van der Waals surface area contributed by atoms with Crippen LogP contribution in [-0.2, 0) is 14.4 Å². The summed E-state index contributed by atoms with van der Waals surface area (Å²) in [6.45, 7) is 7.72. The van der Waals surface area contributed by atoms with Crippen molar-refractivity contribution >= 4 is 40.7 Å². The zero-order valence-corrected chi connectivity index (χ0v) is 20.2. The fraction of sp³-hybridized carbons (Fsp3) is 0.480. The summed E-state index contributed by atoms with van der Waals surface area (Å²) in [6.07, 6.45) is 1.69. The maximum Gasteiger partial charge on any atom is 0.323 e. The number of allylic oxidation sites excluding steroid dienone is 4. The summed E-state index contributed by atoms with van der Waals surface area (Å²) in [5.41, 5.74) is 2.19. The predicted octanol–water partition coefficient (Wildman–Crippen LogP) is 5.76. The van der Waals surface area contributed by atoms with Crippen LogP contribution in [0.25, 0.3) is 0 Å². The van der Waals surface area contributed by atoms with Crippen LogP contribution in [0.4, 0.5) is 0 Å². The molecule has 4 rings (SSSR count). The van der Waals surface area contributed by atoms with E-state index >= 15 is 0 Å². The molecule has 0 fully saturated rings. The van der Waals surface area contributed by atoms with Gasteiger partial charge in [0.05, 0.1) is 0 Å². The molecule has 1 heterocycles. The van der Waals surface area contributed by atoms with E-state index in [4.69, 9.17) is 23.2 Å². The van der Waals surface area contributed by atoms with Crippen LogP contribution in [-0.4, -0.2) is 34.1 Å². The van der Waals surface area contributed by atoms with E-state index in [1.807, 2.05) is 27.7 Å². The predicted molar refractivity (Wildman–Crippen MR) is 124 cm³/mol. The molecule has 0 saturated carbocycles. The van der Waals surface area contributed by atoms with Gasteiger partial charge in [-0.25, -0.2) is 0 Å². The highest BCUT2D eigenvalue weighted by molar-refractivity contribution is 6.36. The second kappa shape index (κ2) is 7.74. The van der Waals surface area contributed by atoms with Crippen LogP contribution < -0.4 is 0 Å². The van der Waals surface area contributed by atoms with Crippen molar-refractivity contribution in [3.63, 3.8) is 0 Å². The summed E-state index contributed by atoms with van der Waals surface area (Å²) >= 11 is 13.2. The first-order chi connectivity index (χ1) is 14.8. The van der Waals surface area contributed by atoms with Crippen LogP contribution >= 0.6 is 23.2 Å². The Balaban J connectivity index is 2.06. The van der Waals surface area contributed by atoms with Crippen molar-refractivity contribution in [3.8, 4) is 0 Å². The van der Waals surface area contributed by atoms with Gasteiger partial charge in [0.2, 0.25) is 0 Å². The number of ketones is 2. The van der Waals surface area contributed by atoms with Crippen LogP contribution in [0, 0.1) is 10.8 Å². The summed E-state index contributed by atoms with van der Waals surface area (Å²) in [5, 5.41) is 10.5. The fourth-order valence-corrected chi connectivity index (χ4v) is 6.06. The number of carbonyl (C=O) groups excluding carboxylic acids is 2. The van der Waals surface area contributed by atoms with E-state index in [9.17, 15) is 19.5 Å². The van der Waals surface area contributed by atoms with E-state index in [1.165, 1.54) is 0 Å². The van der Waals surface area contributed by atoms with E-state index < -0.39 is 11.9 Å². The lowest BCUT2D eigenvalue weighted by atomic mass is 9.63. The molecule has 0 spiro atoms. The zero-order valence-electron chi connectivity index (χ0n) is 18.7. The quantitative estimate of drug-likeness (QED) is 0.600. The summed E-state index contributed by atoms with van der Waals surface area (Å²) < 4.78 is 0. The molecule has 1 aromatic carbocycles. The van der Waals surface area contributed by atoms with Crippen molar-refractivity contribution in [2.75, 3.05) is 6.54 Å². The number of benzene rings is 1. The Kier molecular flexibility index (Phi) is 5.58. The molecule has 0 amide bonds. The second-order valence-electron chi connectivity index (χ2n) is 10.7. The molecule has 5 nitrogen and oxygen atoms in total. The molecule has 32 heavy (non-hydrogen) atoms. The average Bonchev–Trinajstić information content (AvgIpc) is 2.61. The van der Waals surface area contributed by atoms with Crippen molar-refractivity contribution in [2.24, 2.45) is 10.8 Å². The second-order valence-corrected chi connectivity index (χ2v) is 11.5. The zero-order chi connectivity index (χ0) is 23.6. The van der Waals surface area contributed by atoms with Gasteiger partial charge < -0.3 is 10.0 Å². The van der Waals surface area contributed by atoms with Gasteiger partial charge in [0.1, 0.15) is 6.54 Å². The minimum atomic E-state index is -1.01. The number of aliphatic carboxylic acids is 1. The largest absolute Gasteiger partial charge is 0.480 e. The van der Waals surface area contributed by atoms with Crippen LogP contribution in [0.5, 0.6) is 0 Å². The SMILES string of the molecule is CC1(C)CC(=O)C2=C(C1)N(CC(=O)O)C1=C(C(=O)CC(C)(C)C1)C2c1c(Cl)cccc1Cl. The molecule has 0 aromatic heterocycles. The van der Waals surface area contributed by atoms with Crippen molar-refractivity contribution in [3.05, 3.63) is 56.3 Å². The van der Waals surface area contributed by atoms with Crippen LogP contribution in [0.15, 0.2) is 40.7 Å². The first-order valence-electron chi connectivity index (χ1n) is 10.8. The molecule has 0 atom stereocenters. The fourth-order valence-electron chi connectivity index (χ4n) is 5.45. The Morgan fingerprint density at radius 1 is 0.938 bits per heavy atom. The lowest BCUT2D eigenvalue weighted by Gasteiger charge is -2.48. The van der Waals surface area contributed by atoms with Gasteiger partial charge in [0, 0.05) is 56.9 Å². The highest BCUT2D eigenvalue weighted by Gasteiger charge is 2.50. The molecular formula is C25H27Cl2NO4. The van der Waals surface area contributed by atoms with E-state index in [0.717, 1.165) is 0 Å². The molecule has 7 heteroatoms. The van der Waals surface area contributed by atoms with E-state index in [-0.39, 0.29) is 28.9 Å². The lowest BCUT2D eigenvalue weighted by molar-refractivity contribution is -0.138. The Morgan fingerprint density at radius 2 is 1.38 bits per heavy atom. The van der Waals surface area contributed by atoms with Gasteiger partial charge in [0.25, 0.3) is 0 Å². The number of nitrogens with zero attached hydrogens (tertiary/aromatic N) is 1. The minimum Gasteiger partial charge on any atom is -0.480 e. The highest BCUT2D eigenvalue weighted by Crippen LogP contribution is 2.55. The molecule has 2 aliphatic carbocycles. The topological polar surface area (TPSA) is 74.7 Å². The molecule has 0 unspecified atom stereocenters. The van der Waals surface area contributed by atoms with Gasteiger partial charge in [0.15, 0.2) is 11.6 Å². The lowest BCUT2D eigenvalue weighted by Crippen LogP contribution is -2.45. The standard InChI is InChI=1S/C25H27Cl2NO4/c1-24(2)8-15-21(17(29)10-24)23(20-13(26)6-5-7-14(20)27)22-16(28(15)12-19(31)32)9-25(3,4)11-18(22)30/h5-7,23H,8-12H2,1-4H3,(H,31,32). The number of halogens is 2. The van der Waals surface area contributed by atoms with Crippen LogP contribution in [0.3, 0.4) is 0 Å². The van der Waals surface area contributed by atoms with E-state index in [1.54, 1.807) is 23.1 Å². The van der Waals surface area contributed by atoms with Crippen molar-refractivity contribution in [1.82, 2.24) is 4.90 Å². The third-order valence-electron chi connectivity index (χ3n) is 6.60. The molecule has 1 aliphatic heterocycles. The van der Waals surface area contributed by atoms with Gasteiger partial charge in [-0.05, 0) is 35.8 Å². The Hall–Kier alpha value is -2.11. The molecule has 170 valence electrons. The number of hydrogen-bond acceptors (Lipinski definition) is 4. The van der Waals surface area contributed by atoms with Gasteiger partial charge in [-0.3, -0.25) is 14.4 Å². The number of carbonyl (C=O) groups is 3. The highest BCUT2D eigenvalue weighted by atomic mass is 35.5. The number of hydrogen-bond donors (Lipinski definition) is 1. The molecule has 1 N–H and O–H groups in total. The minimum absolute atomic E-state index is 0.0863. The first-order valence-corrected chi connectivity index (χ1v) is 11.5. The molecule has 0 bridgehead atoms. The number of carboxylic acids is 1. The normalized spacial score (nSPS) is 22.8. The maximum absolute atomic E-state index is 13.5. The van der Waals surface area contributed by atoms with E-state index in [2.05, 4.69) is 0 Å². The summed E-state index contributed by atoms with van der Waals surface area (Å²) in [6, 6.07) is 5.15. The van der Waals surface area contributed by atoms with Crippen LogP contribution in [0.2, 0.25) is 10.0 Å². The smallest absolute Gasteiger partial charge is 0.323 e. The summed E-state index contributed by atoms with van der Waals surface area (Å²) in [7, 11) is 0. The van der Waals surface area contributed by atoms with Gasteiger partial charge in [-0.1, -0.05) is 57.0 Å². The molecule has 0 saturated heterocycles. The van der Waals surface area contributed by atoms with Gasteiger partial charge in [-0.15, -0.1) is 0 Å². The summed E-state index contributed by atoms with van der Waals surface area (Å²) in [4.78, 5) is 40.7. The third kappa shape index (κ3) is 3.90. The monoisotopic (exact) mass is 475 g/mol. The van der Waals surface area contributed by atoms with Crippen molar-refractivity contribution in [1.29, 1.82) is 0 Å². The first kappa shape index (κ1) is 23.1. The maximum atomic E-state index is 13.5. The number of Topliss-reactive ketones (excluding diaryl/α,β-unsaturated/α-hetero) is 2. The van der Waals surface area contributed by atoms with Gasteiger partial charge in [-0.2, -0.15) is 0 Å². The summed E-state index contributed by atoms with van der Waals surface area (Å²) in [5.74, 6) is -1.86. The Bertz CT molecular complexity index is 1040. The van der Waals surface area contributed by atoms with E-state index in [0.29, 0.717) is 63.8 Å². The number of rotatable bonds is 3. The molecule has 1 aromatic rings. The van der Waals surface area contributed by atoms with Crippen molar-refractivity contribution in [2.45, 2.75) is 59.3 Å². The average molecular weight is 476 g/mol. The van der Waals surface area contributed by atoms with Crippen LogP contribution in [0.1, 0.15) is 64.9 Å². The molecule has 0 radical (unpaired) electrons. The molecule has 3 aliphatic rings. The Morgan fingerprint density at radius 3 is 1.78 bits per heavy atom. The van der Waals surface area contributed by atoms with Crippen molar-refractivity contribution < 1.29 is 19.5 Å². The third-order valence-corrected chi connectivity index (χ3v) is 7.26. The number of carboxylic acid groups (broad SMARTS) is 1. The Labute approximate surface area is 198 Å².